The van der Waals surface area contributed by atoms with E-state index in [9.17, 15) is 4.79 Å². The second-order valence-electron chi connectivity index (χ2n) is 13.8. The second kappa shape index (κ2) is 35.1. The number of unbranched alkanes of at least 4 members (excludes halogenated alkanes) is 18. The van der Waals surface area contributed by atoms with Crippen molar-refractivity contribution in [2.24, 2.45) is 5.73 Å². The van der Waals surface area contributed by atoms with Gasteiger partial charge >= 0.3 is 0 Å². The molecular formula is C43H78N2O3. The zero-order valence-corrected chi connectivity index (χ0v) is 31.7. The summed E-state index contributed by atoms with van der Waals surface area (Å²) < 4.78 is 12.6. The maximum absolute atomic E-state index is 12.5. The van der Waals surface area contributed by atoms with Gasteiger partial charge < -0.3 is 20.1 Å². The SMILES string of the molecule is CCCCC/C=C\C/C=C\CCCCCCCCOC1CN(C(=O)CCN)C[C@H]1OCCCCCCCC/C=C\C/C=C\CCCCC. The molecule has 0 radical (unpaired) electrons. The zero-order chi connectivity index (χ0) is 34.6. The Balaban J connectivity index is 2.09. The molecule has 48 heavy (non-hydrogen) atoms. The Hall–Kier alpha value is -1.69. The van der Waals surface area contributed by atoms with E-state index in [0.29, 0.717) is 26.1 Å². The van der Waals surface area contributed by atoms with Gasteiger partial charge in [-0.2, -0.15) is 0 Å². The molecule has 1 rings (SSSR count). The second-order valence-corrected chi connectivity index (χ2v) is 13.8. The number of rotatable bonds is 34. The van der Waals surface area contributed by atoms with E-state index in [1.807, 2.05) is 4.90 Å². The predicted molar refractivity (Wildman–Crippen MR) is 208 cm³/mol. The van der Waals surface area contributed by atoms with Crippen molar-refractivity contribution in [1.29, 1.82) is 0 Å². The van der Waals surface area contributed by atoms with Crippen LogP contribution in [0.5, 0.6) is 0 Å². The Labute approximate surface area is 298 Å². The van der Waals surface area contributed by atoms with E-state index >= 15 is 0 Å². The van der Waals surface area contributed by atoms with Crippen LogP contribution < -0.4 is 5.73 Å². The van der Waals surface area contributed by atoms with E-state index in [0.717, 1.165) is 38.9 Å². The van der Waals surface area contributed by atoms with Crippen LogP contribution in [0.25, 0.3) is 0 Å². The van der Waals surface area contributed by atoms with Crippen LogP contribution in [-0.4, -0.2) is 55.9 Å². The number of hydrogen-bond acceptors (Lipinski definition) is 4. The van der Waals surface area contributed by atoms with Crippen molar-refractivity contribution in [2.75, 3.05) is 32.8 Å². The number of ether oxygens (including phenoxy) is 2. The molecule has 1 amide bonds. The molecule has 1 saturated heterocycles. The van der Waals surface area contributed by atoms with Gasteiger partial charge in [-0.1, -0.05) is 140 Å². The molecule has 1 aliphatic heterocycles. The highest BCUT2D eigenvalue weighted by atomic mass is 16.5. The van der Waals surface area contributed by atoms with Crippen molar-refractivity contribution in [3.8, 4) is 0 Å². The molecule has 0 saturated carbocycles. The molecule has 2 atom stereocenters. The number of carbonyl (C=O) groups excluding carboxylic acids is 1. The minimum absolute atomic E-state index is 0.0192. The third-order valence-electron chi connectivity index (χ3n) is 9.28. The normalized spacial score (nSPS) is 17.0. The number of carbonyl (C=O) groups is 1. The quantitative estimate of drug-likeness (QED) is 0.0546. The third kappa shape index (κ3) is 27.2. The fourth-order valence-corrected chi connectivity index (χ4v) is 6.20. The van der Waals surface area contributed by atoms with Crippen molar-refractivity contribution in [1.82, 2.24) is 4.90 Å². The molecule has 1 fully saturated rings. The van der Waals surface area contributed by atoms with Crippen LogP contribution in [-0.2, 0) is 14.3 Å². The zero-order valence-electron chi connectivity index (χ0n) is 31.7. The summed E-state index contributed by atoms with van der Waals surface area (Å²) in [7, 11) is 0. The van der Waals surface area contributed by atoms with Crippen LogP contribution in [0, 0.1) is 0 Å². The molecule has 0 aromatic heterocycles. The van der Waals surface area contributed by atoms with Gasteiger partial charge in [0.25, 0.3) is 0 Å². The summed E-state index contributed by atoms with van der Waals surface area (Å²) in [5, 5.41) is 0. The lowest BCUT2D eigenvalue weighted by atomic mass is 10.1. The number of nitrogens with two attached hydrogens (primary N) is 1. The van der Waals surface area contributed by atoms with Crippen LogP contribution in [0.2, 0.25) is 0 Å². The summed E-state index contributed by atoms with van der Waals surface area (Å²) in [5.74, 6) is 0.125. The van der Waals surface area contributed by atoms with Crippen LogP contribution in [0.3, 0.4) is 0 Å². The minimum atomic E-state index is -0.0192. The first-order chi connectivity index (χ1) is 23.7. The molecule has 5 nitrogen and oxygen atoms in total. The predicted octanol–water partition coefficient (Wildman–Crippen LogP) is 11.6. The van der Waals surface area contributed by atoms with Crippen molar-refractivity contribution < 1.29 is 14.3 Å². The van der Waals surface area contributed by atoms with Crippen molar-refractivity contribution >= 4 is 5.91 Å². The Morgan fingerprint density at radius 2 is 0.896 bits per heavy atom. The lowest BCUT2D eigenvalue weighted by Crippen LogP contribution is -2.31. The third-order valence-corrected chi connectivity index (χ3v) is 9.28. The van der Waals surface area contributed by atoms with Crippen LogP contribution in [0.15, 0.2) is 48.6 Å². The number of hydrogen-bond donors (Lipinski definition) is 1. The number of allylic oxidation sites excluding steroid dienone is 8. The minimum Gasteiger partial charge on any atom is -0.374 e. The first-order valence-electron chi connectivity index (χ1n) is 20.5. The van der Waals surface area contributed by atoms with Crippen molar-refractivity contribution in [3.05, 3.63) is 48.6 Å². The van der Waals surface area contributed by atoms with Crippen LogP contribution >= 0.6 is 0 Å². The Bertz CT molecular complexity index is 763. The Kier molecular flexibility index (Phi) is 32.5. The van der Waals surface area contributed by atoms with Gasteiger partial charge in [0, 0.05) is 39.3 Å². The highest BCUT2D eigenvalue weighted by Gasteiger charge is 2.36. The lowest BCUT2D eigenvalue weighted by molar-refractivity contribution is -0.130. The fourth-order valence-electron chi connectivity index (χ4n) is 6.20. The van der Waals surface area contributed by atoms with E-state index in [1.165, 1.54) is 128 Å². The molecule has 0 aromatic carbocycles. The van der Waals surface area contributed by atoms with E-state index in [2.05, 4.69) is 62.5 Å². The molecular weight excluding hydrogens is 592 g/mol. The summed E-state index contributed by atoms with van der Waals surface area (Å²) in [6.45, 7) is 7.68. The maximum atomic E-state index is 12.5. The molecule has 1 aliphatic rings. The van der Waals surface area contributed by atoms with Gasteiger partial charge in [0.1, 0.15) is 12.2 Å². The van der Waals surface area contributed by atoms with E-state index in [-0.39, 0.29) is 18.1 Å². The monoisotopic (exact) mass is 671 g/mol. The van der Waals surface area contributed by atoms with Gasteiger partial charge in [0.05, 0.1) is 0 Å². The topological polar surface area (TPSA) is 64.8 Å². The fraction of sp³-hybridized carbons (Fsp3) is 0.791. The van der Waals surface area contributed by atoms with E-state index in [4.69, 9.17) is 15.2 Å². The van der Waals surface area contributed by atoms with Crippen LogP contribution in [0.4, 0.5) is 0 Å². The van der Waals surface area contributed by atoms with Crippen molar-refractivity contribution in [2.45, 2.75) is 187 Å². The van der Waals surface area contributed by atoms with E-state index in [1.54, 1.807) is 0 Å². The molecule has 0 spiro atoms. The summed E-state index contributed by atoms with van der Waals surface area (Å²) in [6, 6.07) is 0. The first-order valence-corrected chi connectivity index (χ1v) is 20.5. The van der Waals surface area contributed by atoms with Crippen LogP contribution in [0.1, 0.15) is 174 Å². The molecule has 0 bridgehead atoms. The first kappa shape index (κ1) is 44.3. The average Bonchev–Trinajstić information content (AvgIpc) is 3.50. The molecule has 5 heteroatoms. The molecule has 2 N–H and O–H groups in total. The summed E-state index contributed by atoms with van der Waals surface area (Å²) in [6.07, 6.45) is 48.8. The molecule has 0 aliphatic carbocycles. The van der Waals surface area contributed by atoms with Gasteiger partial charge in [-0.15, -0.1) is 0 Å². The molecule has 1 heterocycles. The Morgan fingerprint density at radius 3 is 1.27 bits per heavy atom. The van der Waals surface area contributed by atoms with Gasteiger partial charge in [0.15, 0.2) is 0 Å². The Morgan fingerprint density at radius 1 is 0.542 bits per heavy atom. The number of amides is 1. The highest BCUT2D eigenvalue weighted by molar-refractivity contribution is 5.76. The van der Waals surface area contributed by atoms with Gasteiger partial charge in [0.2, 0.25) is 5.91 Å². The summed E-state index contributed by atoms with van der Waals surface area (Å²) >= 11 is 0. The number of likely N-dealkylation sites (tertiary alicyclic amines) is 1. The van der Waals surface area contributed by atoms with Gasteiger partial charge in [-0.3, -0.25) is 4.79 Å². The number of nitrogens with zero attached hydrogens (tertiary/aromatic N) is 1. The highest BCUT2D eigenvalue weighted by Crippen LogP contribution is 2.20. The summed E-state index contributed by atoms with van der Waals surface area (Å²) in [4.78, 5) is 14.4. The van der Waals surface area contributed by atoms with Crippen molar-refractivity contribution in [3.63, 3.8) is 0 Å². The summed E-state index contributed by atoms with van der Waals surface area (Å²) in [5.41, 5.74) is 5.66. The maximum Gasteiger partial charge on any atom is 0.224 e. The molecule has 278 valence electrons. The van der Waals surface area contributed by atoms with E-state index < -0.39 is 0 Å². The van der Waals surface area contributed by atoms with Gasteiger partial charge in [-0.25, -0.2) is 0 Å². The largest absolute Gasteiger partial charge is 0.374 e. The lowest BCUT2D eigenvalue weighted by Gasteiger charge is -2.19. The molecule has 0 aromatic rings. The van der Waals surface area contributed by atoms with Gasteiger partial charge in [-0.05, 0) is 77.0 Å². The standard InChI is InChI=1S/C43H78N2O3/c1-3-5-7-9-11-13-15-17-19-21-23-25-27-29-31-33-37-47-41-39-45(43(46)35-36-44)40-42(41)48-38-34-32-30-28-26-24-22-20-18-16-14-12-10-8-6-4-2/h11-14,17-20,41-42H,3-10,15-16,21-40,44H2,1-2H3/b13-11-,14-12-,19-17-,20-18-/t41-,42?/m1/s1. The smallest absolute Gasteiger partial charge is 0.224 e. The average molecular weight is 671 g/mol. The molecule has 1 unspecified atom stereocenters.